The van der Waals surface area contributed by atoms with Crippen LogP contribution in [0, 0.1) is 13.8 Å². The van der Waals surface area contributed by atoms with Crippen molar-refractivity contribution < 1.29 is 9.90 Å². The topological polar surface area (TPSA) is 43.8 Å². The zero-order valence-corrected chi connectivity index (χ0v) is 15.3. The van der Waals surface area contributed by atoms with E-state index >= 15 is 0 Å². The average molecular weight is 326 g/mol. The van der Waals surface area contributed by atoms with Gasteiger partial charge < -0.3 is 14.9 Å². The Morgan fingerprint density at radius 2 is 1.21 bits per heavy atom. The first-order chi connectivity index (χ1) is 11.2. The number of hydrogen-bond acceptors (Lipinski definition) is 3. The minimum atomic E-state index is -0.836. The summed E-state index contributed by atoms with van der Waals surface area (Å²) in [4.78, 5) is 16.2. The molecular formula is C20H26N2O2. The first-order valence-electron chi connectivity index (χ1n) is 8.01. The predicted octanol–water partition coefficient (Wildman–Crippen LogP) is 3.65. The van der Waals surface area contributed by atoms with E-state index in [9.17, 15) is 9.90 Å². The predicted molar refractivity (Wildman–Crippen MR) is 100 cm³/mol. The number of carboxylic acids is 1. The van der Waals surface area contributed by atoms with Gasteiger partial charge in [0.15, 0.2) is 0 Å². The Morgan fingerprint density at radius 1 is 0.833 bits per heavy atom. The van der Waals surface area contributed by atoms with Crippen LogP contribution < -0.4 is 9.80 Å². The quantitative estimate of drug-likeness (QED) is 0.911. The smallest absolute Gasteiger partial charge is 0.315 e. The Balaban J connectivity index is 2.76. The van der Waals surface area contributed by atoms with Gasteiger partial charge in [-0.2, -0.15) is 0 Å². The second-order valence-electron chi connectivity index (χ2n) is 6.68. The number of rotatable bonds is 5. The van der Waals surface area contributed by atoms with E-state index in [1.54, 1.807) is 0 Å². The van der Waals surface area contributed by atoms with Crippen molar-refractivity contribution in [2.75, 3.05) is 38.0 Å². The molecule has 0 saturated carbocycles. The molecule has 4 nitrogen and oxygen atoms in total. The van der Waals surface area contributed by atoms with Gasteiger partial charge in [0.2, 0.25) is 0 Å². The van der Waals surface area contributed by atoms with Crippen LogP contribution in [0.25, 0.3) is 0 Å². The molecule has 0 heterocycles. The zero-order valence-electron chi connectivity index (χ0n) is 15.3. The van der Waals surface area contributed by atoms with Crippen molar-refractivity contribution in [1.82, 2.24) is 0 Å². The molecule has 1 N–H and O–H groups in total. The van der Waals surface area contributed by atoms with Gasteiger partial charge in [0.25, 0.3) is 0 Å². The van der Waals surface area contributed by atoms with E-state index < -0.39 is 11.9 Å². The third kappa shape index (κ3) is 3.53. The van der Waals surface area contributed by atoms with Crippen LogP contribution in [0.4, 0.5) is 11.4 Å². The molecule has 0 atom stereocenters. The van der Waals surface area contributed by atoms with Crippen molar-refractivity contribution in [1.29, 1.82) is 0 Å². The molecule has 128 valence electrons. The van der Waals surface area contributed by atoms with Crippen molar-refractivity contribution in [3.05, 3.63) is 58.7 Å². The van der Waals surface area contributed by atoms with E-state index in [0.717, 1.165) is 33.6 Å². The lowest BCUT2D eigenvalue weighted by Gasteiger charge is -2.26. The molecule has 0 spiro atoms. The second kappa shape index (κ2) is 6.95. The molecular weight excluding hydrogens is 300 g/mol. The monoisotopic (exact) mass is 326 g/mol. The molecule has 0 bridgehead atoms. The molecule has 0 unspecified atom stereocenters. The van der Waals surface area contributed by atoms with Crippen molar-refractivity contribution >= 4 is 17.3 Å². The Labute approximate surface area is 144 Å². The molecule has 0 aromatic heterocycles. The summed E-state index contributed by atoms with van der Waals surface area (Å²) in [7, 11) is 7.76. The first-order valence-corrected chi connectivity index (χ1v) is 8.01. The van der Waals surface area contributed by atoms with Crippen molar-refractivity contribution in [3.8, 4) is 0 Å². The van der Waals surface area contributed by atoms with Crippen LogP contribution in [0.5, 0.6) is 0 Å². The number of carboxylic acid groups (broad SMARTS) is 1. The summed E-state index contributed by atoms with van der Waals surface area (Å²) < 4.78 is 0. The van der Waals surface area contributed by atoms with Gasteiger partial charge in [-0.05, 0) is 37.1 Å². The van der Waals surface area contributed by atoms with Gasteiger partial charge in [-0.15, -0.1) is 0 Å². The fourth-order valence-corrected chi connectivity index (χ4v) is 3.06. The number of aliphatic carboxylic acids is 1. The van der Waals surface area contributed by atoms with E-state index in [1.807, 2.05) is 88.2 Å². The van der Waals surface area contributed by atoms with E-state index in [1.165, 1.54) is 0 Å². The van der Waals surface area contributed by atoms with Crippen LogP contribution >= 0.6 is 0 Å². The van der Waals surface area contributed by atoms with Crippen LogP contribution in [0.15, 0.2) is 36.4 Å². The van der Waals surface area contributed by atoms with Gasteiger partial charge in [-0.3, -0.25) is 4.79 Å². The molecule has 0 fully saturated rings. The zero-order chi connectivity index (χ0) is 18.0. The summed E-state index contributed by atoms with van der Waals surface area (Å²) >= 11 is 0. The van der Waals surface area contributed by atoms with Gasteiger partial charge >= 0.3 is 5.97 Å². The molecule has 24 heavy (non-hydrogen) atoms. The highest BCUT2D eigenvalue weighted by molar-refractivity contribution is 5.86. The van der Waals surface area contributed by atoms with Gasteiger partial charge in [0.1, 0.15) is 5.92 Å². The first kappa shape index (κ1) is 17.9. The summed E-state index contributed by atoms with van der Waals surface area (Å²) in [5.41, 5.74) is 5.61. The normalized spacial score (nSPS) is 10.8. The Morgan fingerprint density at radius 3 is 1.50 bits per heavy atom. The fourth-order valence-electron chi connectivity index (χ4n) is 3.06. The van der Waals surface area contributed by atoms with Crippen LogP contribution in [0.2, 0.25) is 0 Å². The molecule has 0 saturated heterocycles. The summed E-state index contributed by atoms with van der Waals surface area (Å²) in [6.07, 6.45) is 0. The highest BCUT2D eigenvalue weighted by atomic mass is 16.4. The maximum absolute atomic E-state index is 12.2. The van der Waals surface area contributed by atoms with E-state index in [0.29, 0.717) is 0 Å². The number of benzene rings is 2. The standard InChI is InChI=1S/C20H26N2O2/c1-13-7-9-17(21(3)4)15(11-13)19(20(23)24)16-12-14(2)8-10-18(16)22(5)6/h7-12,19H,1-6H3,(H,23,24). The Hall–Kier alpha value is -2.49. The highest BCUT2D eigenvalue weighted by Crippen LogP contribution is 2.37. The van der Waals surface area contributed by atoms with Crippen LogP contribution in [-0.2, 0) is 4.79 Å². The SMILES string of the molecule is Cc1ccc(N(C)C)c(C(C(=O)O)c2cc(C)ccc2N(C)C)c1. The molecule has 2 aromatic carbocycles. The van der Waals surface area contributed by atoms with E-state index in [-0.39, 0.29) is 0 Å². The lowest BCUT2D eigenvalue weighted by atomic mass is 9.87. The number of carbonyl (C=O) groups is 1. The van der Waals surface area contributed by atoms with Crippen molar-refractivity contribution in [2.45, 2.75) is 19.8 Å². The Kier molecular flexibility index (Phi) is 5.17. The molecule has 0 aliphatic rings. The van der Waals surface area contributed by atoms with Gasteiger partial charge in [-0.1, -0.05) is 35.4 Å². The third-order valence-electron chi connectivity index (χ3n) is 4.20. The largest absolute Gasteiger partial charge is 0.481 e. The average Bonchev–Trinajstić information content (AvgIpc) is 2.46. The minimum absolute atomic E-state index is 0.709. The number of hydrogen-bond donors (Lipinski definition) is 1. The number of anilines is 2. The lowest BCUT2D eigenvalue weighted by molar-refractivity contribution is -0.137. The molecule has 2 rings (SSSR count). The minimum Gasteiger partial charge on any atom is -0.481 e. The van der Waals surface area contributed by atoms with E-state index in [4.69, 9.17) is 0 Å². The van der Waals surface area contributed by atoms with Crippen LogP contribution in [-0.4, -0.2) is 39.3 Å². The summed E-state index contributed by atoms with van der Waals surface area (Å²) in [6, 6.07) is 12.0. The molecule has 0 radical (unpaired) electrons. The molecule has 2 aromatic rings. The molecule has 0 aliphatic carbocycles. The summed E-state index contributed by atoms with van der Waals surface area (Å²) in [5, 5.41) is 10.0. The highest BCUT2D eigenvalue weighted by Gasteiger charge is 2.28. The summed E-state index contributed by atoms with van der Waals surface area (Å²) in [5.74, 6) is -1.54. The Bertz CT molecular complexity index is 694. The second-order valence-corrected chi connectivity index (χ2v) is 6.68. The fraction of sp³-hybridized carbons (Fsp3) is 0.350. The lowest BCUT2D eigenvalue weighted by Crippen LogP contribution is -2.21. The van der Waals surface area contributed by atoms with Gasteiger partial charge in [0.05, 0.1) is 0 Å². The van der Waals surface area contributed by atoms with Crippen LogP contribution in [0.3, 0.4) is 0 Å². The number of aryl methyl sites for hydroxylation is 2. The number of nitrogens with zero attached hydrogens (tertiary/aromatic N) is 2. The molecule has 0 aliphatic heterocycles. The van der Waals surface area contributed by atoms with Crippen molar-refractivity contribution in [3.63, 3.8) is 0 Å². The maximum Gasteiger partial charge on any atom is 0.315 e. The third-order valence-corrected chi connectivity index (χ3v) is 4.20. The molecule has 4 heteroatoms. The van der Waals surface area contributed by atoms with Crippen molar-refractivity contribution in [2.24, 2.45) is 0 Å². The van der Waals surface area contributed by atoms with Crippen LogP contribution in [0.1, 0.15) is 28.2 Å². The van der Waals surface area contributed by atoms with E-state index in [2.05, 4.69) is 0 Å². The molecule has 0 amide bonds. The van der Waals surface area contributed by atoms with Gasteiger partial charge in [-0.25, -0.2) is 0 Å². The van der Waals surface area contributed by atoms with Gasteiger partial charge in [0, 0.05) is 39.6 Å². The maximum atomic E-state index is 12.2. The summed E-state index contributed by atoms with van der Waals surface area (Å²) in [6.45, 7) is 3.98.